The van der Waals surface area contributed by atoms with Crippen molar-refractivity contribution in [2.45, 2.75) is 5.41 Å². The smallest absolute Gasteiger partial charge is 0.164 e. The summed E-state index contributed by atoms with van der Waals surface area (Å²) in [5, 5.41) is 0. The molecule has 0 fully saturated rings. The SMILES string of the molecule is c1ccc(-c2ccc(-c3nc(-c4ccccc4)nc(-c4cccc5c4-c4ccccc4C5(c4ccccc4)c4cccnc4)n3)cc2)cc1. The Bertz CT molecular complexity index is 2370. The van der Waals surface area contributed by atoms with Crippen LogP contribution in [-0.2, 0) is 5.41 Å². The van der Waals surface area contributed by atoms with Crippen LogP contribution in [0.5, 0.6) is 0 Å². The highest BCUT2D eigenvalue weighted by Crippen LogP contribution is 2.57. The molecule has 9 rings (SSSR count). The van der Waals surface area contributed by atoms with Crippen molar-refractivity contribution in [2.75, 3.05) is 0 Å². The number of fused-ring (bicyclic) bond motifs is 3. The number of hydrogen-bond acceptors (Lipinski definition) is 4. The van der Waals surface area contributed by atoms with Gasteiger partial charge in [-0.1, -0.05) is 164 Å². The van der Waals surface area contributed by atoms with E-state index in [1.807, 2.05) is 42.7 Å². The van der Waals surface area contributed by atoms with E-state index in [0.29, 0.717) is 17.5 Å². The van der Waals surface area contributed by atoms with Gasteiger partial charge in [0.15, 0.2) is 17.5 Å². The van der Waals surface area contributed by atoms with E-state index >= 15 is 0 Å². The molecule has 0 aliphatic heterocycles. The van der Waals surface area contributed by atoms with Gasteiger partial charge in [0.1, 0.15) is 0 Å². The van der Waals surface area contributed by atoms with Crippen LogP contribution >= 0.6 is 0 Å². The first-order chi connectivity index (χ1) is 24.3. The lowest BCUT2D eigenvalue weighted by atomic mass is 9.68. The Hall–Kier alpha value is -6.52. The minimum Gasteiger partial charge on any atom is -0.264 e. The lowest BCUT2D eigenvalue weighted by molar-refractivity contribution is 0.763. The Kier molecular flexibility index (Phi) is 6.98. The molecule has 49 heavy (non-hydrogen) atoms. The summed E-state index contributed by atoms with van der Waals surface area (Å²) in [4.78, 5) is 20.0. The van der Waals surface area contributed by atoms with E-state index in [1.54, 1.807) is 0 Å². The van der Waals surface area contributed by atoms with E-state index in [1.165, 1.54) is 22.3 Å². The first kappa shape index (κ1) is 28.7. The Morgan fingerprint density at radius 1 is 0.347 bits per heavy atom. The standard InChI is InChI=1S/C45H30N4/c1-4-14-31(15-5-1)32-25-27-34(28-26-32)43-47-42(33-16-6-2-7-17-33)48-44(49-43)38-22-12-24-40-41(38)37-21-10-11-23-39(37)45(40,35-18-8-3-9-19-35)36-20-13-29-46-30-36/h1-30H. The Morgan fingerprint density at radius 3 is 1.55 bits per heavy atom. The zero-order valence-corrected chi connectivity index (χ0v) is 26.6. The van der Waals surface area contributed by atoms with Gasteiger partial charge in [-0.3, -0.25) is 4.98 Å². The van der Waals surface area contributed by atoms with Gasteiger partial charge < -0.3 is 0 Å². The fraction of sp³-hybridized carbons (Fsp3) is 0.0222. The highest BCUT2D eigenvalue weighted by atomic mass is 15.0. The first-order valence-corrected chi connectivity index (χ1v) is 16.5. The van der Waals surface area contributed by atoms with Crippen molar-refractivity contribution < 1.29 is 0 Å². The van der Waals surface area contributed by atoms with Crippen LogP contribution in [0.3, 0.4) is 0 Å². The molecule has 6 aromatic carbocycles. The van der Waals surface area contributed by atoms with E-state index in [4.69, 9.17) is 15.0 Å². The maximum absolute atomic E-state index is 5.21. The maximum atomic E-state index is 5.21. The molecule has 0 radical (unpaired) electrons. The fourth-order valence-electron chi connectivity index (χ4n) is 7.36. The number of pyridine rings is 1. The summed E-state index contributed by atoms with van der Waals surface area (Å²) >= 11 is 0. The summed E-state index contributed by atoms with van der Waals surface area (Å²) in [6.07, 6.45) is 3.84. The molecule has 1 unspecified atom stereocenters. The molecule has 0 N–H and O–H groups in total. The summed E-state index contributed by atoms with van der Waals surface area (Å²) in [5.41, 5.74) is 11.6. The molecule has 0 bridgehead atoms. The fourth-order valence-corrected chi connectivity index (χ4v) is 7.36. The van der Waals surface area contributed by atoms with Gasteiger partial charge in [-0.2, -0.15) is 0 Å². The summed E-state index contributed by atoms with van der Waals surface area (Å²) in [7, 11) is 0. The van der Waals surface area contributed by atoms with E-state index < -0.39 is 5.41 Å². The molecule has 2 heterocycles. The molecule has 4 nitrogen and oxygen atoms in total. The van der Waals surface area contributed by atoms with Crippen LogP contribution in [0.1, 0.15) is 22.3 Å². The number of benzene rings is 6. The van der Waals surface area contributed by atoms with Crippen molar-refractivity contribution in [1.29, 1.82) is 0 Å². The van der Waals surface area contributed by atoms with Gasteiger partial charge in [0.05, 0.1) is 5.41 Å². The lowest BCUT2D eigenvalue weighted by Crippen LogP contribution is -2.28. The quantitative estimate of drug-likeness (QED) is 0.184. The van der Waals surface area contributed by atoms with Crippen molar-refractivity contribution in [3.63, 3.8) is 0 Å². The Morgan fingerprint density at radius 2 is 0.857 bits per heavy atom. The lowest BCUT2D eigenvalue weighted by Gasteiger charge is -2.33. The predicted molar refractivity (Wildman–Crippen MR) is 197 cm³/mol. The molecule has 1 aliphatic carbocycles. The second-order valence-electron chi connectivity index (χ2n) is 12.2. The third-order valence-corrected chi connectivity index (χ3v) is 9.53. The second kappa shape index (κ2) is 11.9. The van der Waals surface area contributed by atoms with Crippen LogP contribution < -0.4 is 0 Å². The summed E-state index contributed by atoms with van der Waals surface area (Å²) in [5.74, 6) is 1.91. The predicted octanol–water partition coefficient (Wildman–Crippen LogP) is 10.3. The third kappa shape index (κ3) is 4.77. The Balaban J connectivity index is 1.29. The largest absolute Gasteiger partial charge is 0.264 e. The number of nitrogens with zero attached hydrogens (tertiary/aromatic N) is 4. The molecule has 2 aromatic heterocycles. The minimum atomic E-state index is -0.567. The van der Waals surface area contributed by atoms with Crippen LogP contribution in [0.25, 0.3) is 56.4 Å². The van der Waals surface area contributed by atoms with Crippen molar-refractivity contribution in [2.24, 2.45) is 0 Å². The van der Waals surface area contributed by atoms with E-state index in [2.05, 4.69) is 145 Å². The topological polar surface area (TPSA) is 51.6 Å². The van der Waals surface area contributed by atoms with Gasteiger partial charge in [-0.25, -0.2) is 15.0 Å². The molecule has 4 heteroatoms. The van der Waals surface area contributed by atoms with Gasteiger partial charge >= 0.3 is 0 Å². The van der Waals surface area contributed by atoms with Gasteiger partial charge in [-0.05, 0) is 50.6 Å². The van der Waals surface area contributed by atoms with Gasteiger partial charge in [0, 0.05) is 29.1 Å². The summed E-state index contributed by atoms with van der Waals surface area (Å²) in [6.45, 7) is 0. The van der Waals surface area contributed by atoms with E-state index in [-0.39, 0.29) is 0 Å². The molecular weight excluding hydrogens is 597 g/mol. The average molecular weight is 627 g/mol. The summed E-state index contributed by atoms with van der Waals surface area (Å²) < 4.78 is 0. The van der Waals surface area contributed by atoms with Crippen LogP contribution in [0.2, 0.25) is 0 Å². The molecule has 0 spiro atoms. The zero-order chi connectivity index (χ0) is 32.6. The normalized spacial score (nSPS) is 14.6. The minimum absolute atomic E-state index is 0.567. The Labute approximate surface area is 285 Å². The monoisotopic (exact) mass is 626 g/mol. The molecule has 0 saturated carbocycles. The van der Waals surface area contributed by atoms with Crippen LogP contribution in [0, 0.1) is 0 Å². The van der Waals surface area contributed by atoms with Gasteiger partial charge in [0.2, 0.25) is 0 Å². The molecule has 230 valence electrons. The van der Waals surface area contributed by atoms with E-state index in [9.17, 15) is 0 Å². The first-order valence-electron chi connectivity index (χ1n) is 16.5. The second-order valence-corrected chi connectivity index (χ2v) is 12.2. The molecule has 1 aliphatic rings. The highest BCUT2D eigenvalue weighted by molar-refractivity contribution is 5.94. The van der Waals surface area contributed by atoms with Crippen molar-refractivity contribution >= 4 is 0 Å². The highest BCUT2D eigenvalue weighted by Gasteiger charge is 2.47. The van der Waals surface area contributed by atoms with Crippen molar-refractivity contribution in [3.05, 3.63) is 205 Å². The van der Waals surface area contributed by atoms with E-state index in [0.717, 1.165) is 38.9 Å². The number of hydrogen-bond donors (Lipinski definition) is 0. The zero-order valence-electron chi connectivity index (χ0n) is 26.6. The maximum Gasteiger partial charge on any atom is 0.164 e. The van der Waals surface area contributed by atoms with Crippen molar-refractivity contribution in [3.8, 4) is 56.4 Å². The van der Waals surface area contributed by atoms with Gasteiger partial charge in [-0.15, -0.1) is 0 Å². The van der Waals surface area contributed by atoms with Crippen LogP contribution in [0.4, 0.5) is 0 Å². The molecular formula is C45H30N4. The summed E-state index contributed by atoms with van der Waals surface area (Å²) in [6, 6.07) is 59.2. The molecule has 0 amide bonds. The number of rotatable bonds is 6. The molecule has 8 aromatic rings. The molecule has 0 saturated heterocycles. The van der Waals surface area contributed by atoms with Crippen molar-refractivity contribution in [1.82, 2.24) is 19.9 Å². The third-order valence-electron chi connectivity index (χ3n) is 9.53. The number of aromatic nitrogens is 4. The van der Waals surface area contributed by atoms with Gasteiger partial charge in [0.25, 0.3) is 0 Å². The average Bonchev–Trinajstić information content (AvgIpc) is 3.50. The van der Waals surface area contributed by atoms with Crippen LogP contribution in [-0.4, -0.2) is 19.9 Å². The van der Waals surface area contributed by atoms with Crippen LogP contribution in [0.15, 0.2) is 182 Å². The molecule has 1 atom stereocenters.